The van der Waals surface area contributed by atoms with Gasteiger partial charge in [0.25, 0.3) is 0 Å². The lowest BCUT2D eigenvalue weighted by atomic mass is 9.99. The van der Waals surface area contributed by atoms with Crippen LogP contribution in [0.1, 0.15) is 19.3 Å². The first kappa shape index (κ1) is 14.7. The number of likely N-dealkylation sites (tertiary alicyclic amines) is 1. The van der Waals surface area contributed by atoms with Gasteiger partial charge >= 0.3 is 0 Å². The van der Waals surface area contributed by atoms with Crippen molar-refractivity contribution in [3.8, 4) is 0 Å². The van der Waals surface area contributed by atoms with Crippen LogP contribution < -0.4 is 0 Å². The molecule has 20 heavy (non-hydrogen) atoms. The smallest absolute Gasteiger partial charge is 0.216 e. The van der Waals surface area contributed by atoms with Crippen molar-refractivity contribution in [3.63, 3.8) is 0 Å². The molecule has 0 N–H and O–H groups in total. The molecule has 3 heterocycles. The lowest BCUT2D eigenvalue weighted by Gasteiger charge is -2.42. The van der Waals surface area contributed by atoms with Crippen molar-refractivity contribution >= 4 is 10.0 Å². The molecule has 0 radical (unpaired) electrons. The van der Waals surface area contributed by atoms with Crippen LogP contribution >= 0.6 is 0 Å². The molecule has 7 heteroatoms. The number of morpholine rings is 1. The summed E-state index contributed by atoms with van der Waals surface area (Å²) < 4.78 is 38.0. The van der Waals surface area contributed by atoms with Crippen molar-refractivity contribution in [1.29, 1.82) is 0 Å². The van der Waals surface area contributed by atoms with Gasteiger partial charge in [0.2, 0.25) is 10.0 Å². The monoisotopic (exact) mass is 304 g/mol. The van der Waals surface area contributed by atoms with E-state index >= 15 is 0 Å². The highest BCUT2D eigenvalue weighted by Gasteiger charge is 2.48. The third kappa shape index (κ3) is 2.87. The summed E-state index contributed by atoms with van der Waals surface area (Å²) in [6.07, 6.45) is 3.13. The fourth-order valence-corrected chi connectivity index (χ4v) is 5.27. The van der Waals surface area contributed by atoms with Crippen LogP contribution in [-0.4, -0.2) is 81.5 Å². The first-order valence-corrected chi connectivity index (χ1v) is 9.12. The molecule has 1 atom stereocenters. The second-order valence-electron chi connectivity index (χ2n) is 6.02. The third-order valence-electron chi connectivity index (χ3n) is 4.62. The Kier molecular flexibility index (Phi) is 4.33. The summed E-state index contributed by atoms with van der Waals surface area (Å²) in [6.45, 7) is 5.24. The predicted octanol–water partition coefficient (Wildman–Crippen LogP) is -0.0967. The van der Waals surface area contributed by atoms with Gasteiger partial charge in [0.05, 0.1) is 31.1 Å². The largest absolute Gasteiger partial charge is 0.379 e. The van der Waals surface area contributed by atoms with E-state index in [0.29, 0.717) is 39.5 Å². The van der Waals surface area contributed by atoms with Crippen molar-refractivity contribution in [1.82, 2.24) is 9.21 Å². The first-order valence-electron chi connectivity index (χ1n) is 7.51. The van der Waals surface area contributed by atoms with E-state index in [1.807, 2.05) is 0 Å². The number of hydrogen-bond acceptors (Lipinski definition) is 5. The second-order valence-corrected chi connectivity index (χ2v) is 8.03. The zero-order chi connectivity index (χ0) is 14.1. The van der Waals surface area contributed by atoms with Crippen LogP contribution in [0.25, 0.3) is 0 Å². The van der Waals surface area contributed by atoms with Gasteiger partial charge < -0.3 is 14.4 Å². The van der Waals surface area contributed by atoms with Gasteiger partial charge in [0, 0.05) is 19.7 Å². The Labute approximate surface area is 121 Å². The third-order valence-corrected chi connectivity index (χ3v) is 6.56. The quantitative estimate of drug-likeness (QED) is 0.726. The molecule has 0 amide bonds. The van der Waals surface area contributed by atoms with E-state index in [1.54, 1.807) is 4.31 Å². The maximum Gasteiger partial charge on any atom is 0.216 e. The molecule has 0 bridgehead atoms. The highest BCUT2D eigenvalue weighted by Crippen LogP contribution is 2.31. The Balaban J connectivity index is 1.67. The molecule has 3 saturated heterocycles. The second kappa shape index (κ2) is 5.88. The lowest BCUT2D eigenvalue weighted by molar-refractivity contribution is -0.0293. The lowest BCUT2D eigenvalue weighted by Crippen LogP contribution is -2.60. The summed E-state index contributed by atoms with van der Waals surface area (Å²) >= 11 is 0. The van der Waals surface area contributed by atoms with E-state index < -0.39 is 15.6 Å². The number of rotatable bonds is 4. The zero-order valence-corrected chi connectivity index (χ0v) is 12.7. The summed E-state index contributed by atoms with van der Waals surface area (Å²) in [5.74, 6) is 0.217. The molecule has 1 spiro atoms. The fraction of sp³-hybridized carbons (Fsp3) is 1.00. The molecule has 0 aliphatic carbocycles. The molecule has 116 valence electrons. The SMILES string of the molecule is O=S(=O)(CCN1CCCC1)N1CCOC[C@]12CCOC2. The average Bonchev–Trinajstić information content (AvgIpc) is 3.09. The van der Waals surface area contributed by atoms with Gasteiger partial charge in [0.15, 0.2) is 0 Å². The van der Waals surface area contributed by atoms with Crippen LogP contribution in [0.5, 0.6) is 0 Å². The van der Waals surface area contributed by atoms with Gasteiger partial charge in [-0.1, -0.05) is 0 Å². The molecule has 0 aromatic rings. The molecule has 3 rings (SSSR count). The van der Waals surface area contributed by atoms with Gasteiger partial charge in [-0.2, -0.15) is 4.31 Å². The molecular formula is C13H24N2O4S. The molecule has 0 aromatic heterocycles. The van der Waals surface area contributed by atoms with Crippen LogP contribution in [0.2, 0.25) is 0 Å². The zero-order valence-electron chi connectivity index (χ0n) is 11.9. The number of ether oxygens (including phenoxy) is 2. The van der Waals surface area contributed by atoms with Crippen LogP contribution in [0.15, 0.2) is 0 Å². The minimum absolute atomic E-state index is 0.217. The molecule has 0 saturated carbocycles. The van der Waals surface area contributed by atoms with E-state index in [1.165, 1.54) is 12.8 Å². The van der Waals surface area contributed by atoms with Crippen molar-refractivity contribution in [3.05, 3.63) is 0 Å². The van der Waals surface area contributed by atoms with Gasteiger partial charge in [-0.05, 0) is 32.4 Å². The van der Waals surface area contributed by atoms with Crippen LogP contribution in [0, 0.1) is 0 Å². The summed E-state index contributed by atoms with van der Waals surface area (Å²) in [5, 5.41) is 0. The summed E-state index contributed by atoms with van der Waals surface area (Å²) in [6, 6.07) is 0. The molecule has 3 fully saturated rings. The van der Waals surface area contributed by atoms with E-state index in [2.05, 4.69) is 4.90 Å². The van der Waals surface area contributed by atoms with Gasteiger partial charge in [0.1, 0.15) is 0 Å². The maximum atomic E-state index is 12.7. The predicted molar refractivity (Wildman–Crippen MR) is 75.2 cm³/mol. The normalized spacial score (nSPS) is 33.2. The Morgan fingerprint density at radius 1 is 1.00 bits per heavy atom. The number of hydrogen-bond donors (Lipinski definition) is 0. The summed E-state index contributed by atoms with van der Waals surface area (Å²) in [7, 11) is -3.23. The minimum Gasteiger partial charge on any atom is -0.379 e. The molecule has 0 aromatic carbocycles. The molecule has 0 unspecified atom stereocenters. The Hall–Kier alpha value is -0.210. The highest BCUT2D eigenvalue weighted by molar-refractivity contribution is 7.89. The standard InChI is InChI=1S/C13H24N2O4S/c16-20(17,10-7-14-4-1-2-5-14)15-6-9-19-12-13(15)3-8-18-11-13/h1-12H2/t13-/m1/s1. The van der Waals surface area contributed by atoms with Crippen molar-refractivity contribution < 1.29 is 17.9 Å². The Morgan fingerprint density at radius 3 is 2.35 bits per heavy atom. The Bertz CT molecular complexity index is 428. The van der Waals surface area contributed by atoms with Crippen molar-refractivity contribution in [2.45, 2.75) is 24.8 Å². The molecule has 6 nitrogen and oxygen atoms in total. The van der Waals surface area contributed by atoms with E-state index in [0.717, 1.165) is 19.5 Å². The molecular weight excluding hydrogens is 280 g/mol. The number of nitrogens with zero attached hydrogens (tertiary/aromatic N) is 2. The highest BCUT2D eigenvalue weighted by atomic mass is 32.2. The van der Waals surface area contributed by atoms with Crippen LogP contribution in [0.4, 0.5) is 0 Å². The van der Waals surface area contributed by atoms with Crippen LogP contribution in [0.3, 0.4) is 0 Å². The van der Waals surface area contributed by atoms with E-state index in [9.17, 15) is 8.42 Å². The summed E-state index contributed by atoms with van der Waals surface area (Å²) in [4.78, 5) is 2.25. The number of sulfonamides is 1. The van der Waals surface area contributed by atoms with E-state index in [-0.39, 0.29) is 5.75 Å². The van der Waals surface area contributed by atoms with Gasteiger partial charge in [-0.3, -0.25) is 0 Å². The van der Waals surface area contributed by atoms with Crippen molar-refractivity contribution in [2.24, 2.45) is 0 Å². The minimum atomic E-state index is -3.23. The average molecular weight is 304 g/mol. The van der Waals surface area contributed by atoms with Crippen molar-refractivity contribution in [2.75, 3.05) is 58.4 Å². The first-order chi connectivity index (χ1) is 9.62. The van der Waals surface area contributed by atoms with Crippen LogP contribution in [-0.2, 0) is 19.5 Å². The fourth-order valence-electron chi connectivity index (χ4n) is 3.42. The topological polar surface area (TPSA) is 59.1 Å². The van der Waals surface area contributed by atoms with Gasteiger partial charge in [-0.15, -0.1) is 0 Å². The molecule has 3 aliphatic heterocycles. The Morgan fingerprint density at radius 2 is 1.70 bits per heavy atom. The maximum absolute atomic E-state index is 12.7. The summed E-state index contributed by atoms with van der Waals surface area (Å²) in [5.41, 5.74) is -0.442. The van der Waals surface area contributed by atoms with E-state index in [4.69, 9.17) is 9.47 Å². The molecule has 3 aliphatic rings. The van der Waals surface area contributed by atoms with Gasteiger partial charge in [-0.25, -0.2) is 8.42 Å².